The maximum absolute atomic E-state index is 13.3. The average molecular weight is 443 g/mol. The van der Waals surface area contributed by atoms with Crippen LogP contribution in [0.5, 0.6) is 0 Å². The number of carbonyl (C=O) groups excluding carboxylic acids is 2. The van der Waals surface area contributed by atoms with E-state index in [0.717, 1.165) is 24.8 Å². The number of carbonyl (C=O) groups is 2. The van der Waals surface area contributed by atoms with E-state index in [1.165, 1.54) is 41.7 Å². The zero-order valence-corrected chi connectivity index (χ0v) is 17.5. The van der Waals surface area contributed by atoms with Gasteiger partial charge in [0.15, 0.2) is 11.6 Å². The first-order valence-corrected chi connectivity index (χ1v) is 10.3. The summed E-state index contributed by atoms with van der Waals surface area (Å²) in [5.41, 5.74) is 6.25. The molecule has 32 heavy (non-hydrogen) atoms. The number of aromatic nitrogens is 5. The number of hydrogen-bond acceptors (Lipinski definition) is 5. The van der Waals surface area contributed by atoms with Crippen molar-refractivity contribution in [3.05, 3.63) is 59.3 Å². The van der Waals surface area contributed by atoms with E-state index in [1.807, 2.05) is 11.7 Å². The van der Waals surface area contributed by atoms with E-state index in [-0.39, 0.29) is 23.8 Å². The third-order valence-corrected chi connectivity index (χ3v) is 5.37. The molecule has 1 aromatic carbocycles. The molecule has 9 nitrogen and oxygen atoms in total. The van der Waals surface area contributed by atoms with E-state index in [1.54, 1.807) is 4.90 Å². The smallest absolute Gasteiger partial charge is 0.288 e. The van der Waals surface area contributed by atoms with Crippen molar-refractivity contribution in [1.82, 2.24) is 24.5 Å². The Morgan fingerprint density at radius 2 is 2.03 bits per heavy atom. The lowest BCUT2D eigenvalue weighted by Crippen LogP contribution is -2.25. The van der Waals surface area contributed by atoms with Crippen LogP contribution in [0.1, 0.15) is 53.5 Å². The van der Waals surface area contributed by atoms with Gasteiger partial charge in [0.05, 0.1) is 12.2 Å². The molecule has 0 unspecified atom stereocenters. The van der Waals surface area contributed by atoms with Crippen LogP contribution >= 0.6 is 0 Å². The maximum atomic E-state index is 13.3. The lowest BCUT2D eigenvalue weighted by Gasteiger charge is -2.13. The van der Waals surface area contributed by atoms with Crippen molar-refractivity contribution in [2.75, 3.05) is 11.9 Å². The summed E-state index contributed by atoms with van der Waals surface area (Å²) in [4.78, 5) is 27.8. The molecule has 2 aliphatic rings. The van der Waals surface area contributed by atoms with Gasteiger partial charge in [-0.1, -0.05) is 12.1 Å². The van der Waals surface area contributed by atoms with Crippen LogP contribution in [0.15, 0.2) is 30.6 Å². The third-order valence-electron chi connectivity index (χ3n) is 5.37. The predicted molar refractivity (Wildman–Crippen MR) is 111 cm³/mol. The molecule has 3 aromatic rings. The molecule has 0 spiro atoms. The molecule has 1 saturated carbocycles. The third kappa shape index (κ3) is 4.66. The Kier molecular flexibility index (Phi) is 5.97. The van der Waals surface area contributed by atoms with Gasteiger partial charge >= 0.3 is 0 Å². The van der Waals surface area contributed by atoms with Gasteiger partial charge < -0.3 is 10.6 Å². The quantitative estimate of drug-likeness (QED) is 0.665. The molecule has 11 heteroatoms. The summed E-state index contributed by atoms with van der Waals surface area (Å²) >= 11 is 0. The van der Waals surface area contributed by atoms with E-state index in [4.69, 9.17) is 5.73 Å². The molecule has 2 amide bonds. The van der Waals surface area contributed by atoms with Gasteiger partial charge in [-0.2, -0.15) is 5.10 Å². The number of halogens is 2. The Balaban J connectivity index is 0.000000154. The number of anilines is 1. The van der Waals surface area contributed by atoms with Crippen molar-refractivity contribution in [3.8, 4) is 0 Å². The SMILES string of the molecule is CN1C(=O)CCCn2nc(C3CC3)cc21.NC(=O)c1ncn(Cc2cccc(F)c2F)n1. The van der Waals surface area contributed by atoms with Gasteiger partial charge in [0, 0.05) is 37.6 Å². The van der Waals surface area contributed by atoms with Gasteiger partial charge in [-0.25, -0.2) is 23.1 Å². The number of rotatable bonds is 4. The summed E-state index contributed by atoms with van der Waals surface area (Å²) < 4.78 is 29.4. The standard InChI is InChI=1S/C11H15N3O.C10H8F2N4O/c1-13-10-7-9(8-4-5-8)12-14(10)6-2-3-11(13)15;11-7-3-1-2-6(8(7)12)4-16-5-14-10(15-16)9(13)17/h7-8H,2-6H2,1H3;1-3,5H,4H2,(H2,13,17). The first kappa shape index (κ1) is 21.6. The van der Waals surface area contributed by atoms with Crippen LogP contribution in [-0.2, 0) is 17.9 Å². The van der Waals surface area contributed by atoms with Crippen LogP contribution < -0.4 is 10.6 Å². The summed E-state index contributed by atoms with van der Waals surface area (Å²) in [6.45, 7) is 0.849. The summed E-state index contributed by atoms with van der Waals surface area (Å²) in [5.74, 6) is -0.977. The summed E-state index contributed by atoms with van der Waals surface area (Å²) in [6, 6.07) is 5.92. The van der Waals surface area contributed by atoms with Crippen LogP contribution in [0, 0.1) is 11.6 Å². The van der Waals surface area contributed by atoms with Crippen molar-refractivity contribution in [2.24, 2.45) is 5.73 Å². The van der Waals surface area contributed by atoms with E-state index < -0.39 is 17.5 Å². The van der Waals surface area contributed by atoms with Gasteiger partial charge in [0.2, 0.25) is 11.7 Å². The number of nitrogens with two attached hydrogens (primary N) is 1. The first-order valence-electron chi connectivity index (χ1n) is 10.3. The minimum Gasteiger partial charge on any atom is -0.363 e. The zero-order valence-electron chi connectivity index (χ0n) is 17.5. The zero-order chi connectivity index (χ0) is 22.8. The first-order chi connectivity index (χ1) is 15.3. The minimum absolute atomic E-state index is 0.0239. The normalized spacial score (nSPS) is 15.6. The number of hydrogen-bond donors (Lipinski definition) is 1. The maximum Gasteiger partial charge on any atom is 0.288 e. The fourth-order valence-corrected chi connectivity index (χ4v) is 3.44. The topological polar surface area (TPSA) is 112 Å². The molecule has 2 aromatic heterocycles. The van der Waals surface area contributed by atoms with Crippen LogP contribution in [0.25, 0.3) is 0 Å². The second kappa shape index (κ2) is 8.85. The van der Waals surface area contributed by atoms with Crippen LogP contribution in [0.2, 0.25) is 0 Å². The lowest BCUT2D eigenvalue weighted by molar-refractivity contribution is -0.118. The number of benzene rings is 1. The Bertz CT molecular complexity index is 1150. The molecule has 1 fully saturated rings. The van der Waals surface area contributed by atoms with E-state index in [2.05, 4.69) is 21.2 Å². The predicted octanol–water partition coefficient (Wildman–Crippen LogP) is 2.22. The molecular weight excluding hydrogens is 420 g/mol. The summed E-state index contributed by atoms with van der Waals surface area (Å²) in [6.07, 6.45) is 5.28. The highest BCUT2D eigenvalue weighted by Crippen LogP contribution is 2.40. The van der Waals surface area contributed by atoms with Gasteiger partial charge in [-0.3, -0.25) is 9.59 Å². The Morgan fingerprint density at radius 3 is 2.72 bits per heavy atom. The average Bonchev–Trinajstić information content (AvgIpc) is 3.39. The van der Waals surface area contributed by atoms with Gasteiger partial charge in [-0.15, -0.1) is 5.10 Å². The Morgan fingerprint density at radius 1 is 1.25 bits per heavy atom. The highest BCUT2D eigenvalue weighted by Gasteiger charge is 2.29. The van der Waals surface area contributed by atoms with Gasteiger partial charge in [0.1, 0.15) is 12.1 Å². The number of fused-ring (bicyclic) bond motifs is 1. The van der Waals surface area contributed by atoms with Crippen molar-refractivity contribution < 1.29 is 18.4 Å². The Labute approximate surface area is 182 Å². The highest BCUT2D eigenvalue weighted by molar-refractivity contribution is 5.92. The monoisotopic (exact) mass is 443 g/mol. The molecule has 0 bridgehead atoms. The molecule has 0 atom stereocenters. The second-order valence-electron chi connectivity index (χ2n) is 7.82. The van der Waals surface area contributed by atoms with Crippen molar-refractivity contribution in [2.45, 2.75) is 44.7 Å². The summed E-state index contributed by atoms with van der Waals surface area (Å²) in [7, 11) is 1.85. The Hall–Kier alpha value is -3.63. The fraction of sp³-hybridized carbons (Fsp3) is 0.381. The van der Waals surface area contributed by atoms with E-state index in [0.29, 0.717) is 12.3 Å². The van der Waals surface area contributed by atoms with Gasteiger partial charge in [-0.05, 0) is 25.3 Å². The molecule has 1 aliphatic carbocycles. The van der Waals surface area contributed by atoms with Crippen LogP contribution in [-0.4, -0.2) is 43.4 Å². The minimum atomic E-state index is -0.941. The number of amides is 2. The molecule has 2 N–H and O–H groups in total. The highest BCUT2D eigenvalue weighted by atomic mass is 19.2. The number of primary amides is 1. The van der Waals surface area contributed by atoms with Crippen LogP contribution in [0.3, 0.4) is 0 Å². The molecule has 5 rings (SSSR count). The number of nitrogens with zero attached hydrogens (tertiary/aromatic N) is 6. The van der Waals surface area contributed by atoms with Gasteiger partial charge in [0.25, 0.3) is 5.91 Å². The lowest BCUT2D eigenvalue weighted by atomic mass is 10.2. The summed E-state index contributed by atoms with van der Waals surface area (Å²) in [5, 5.41) is 8.30. The molecule has 3 heterocycles. The van der Waals surface area contributed by atoms with Crippen molar-refractivity contribution in [3.63, 3.8) is 0 Å². The molecule has 1 aliphatic heterocycles. The molecule has 0 radical (unpaired) electrons. The van der Waals surface area contributed by atoms with E-state index >= 15 is 0 Å². The van der Waals surface area contributed by atoms with Crippen LogP contribution in [0.4, 0.5) is 14.6 Å². The van der Waals surface area contributed by atoms with Crippen molar-refractivity contribution in [1.29, 1.82) is 0 Å². The fourth-order valence-electron chi connectivity index (χ4n) is 3.44. The molecule has 0 saturated heterocycles. The largest absolute Gasteiger partial charge is 0.363 e. The van der Waals surface area contributed by atoms with Crippen molar-refractivity contribution >= 4 is 17.6 Å². The van der Waals surface area contributed by atoms with E-state index in [9.17, 15) is 18.4 Å². The second-order valence-corrected chi connectivity index (χ2v) is 7.82. The molecular formula is C21H23F2N7O2. The number of aryl methyl sites for hydroxylation is 1. The molecule has 168 valence electrons.